The summed E-state index contributed by atoms with van der Waals surface area (Å²) in [6, 6.07) is 20.4. The van der Waals surface area contributed by atoms with E-state index in [1.54, 1.807) is 36.9 Å². The van der Waals surface area contributed by atoms with Crippen molar-refractivity contribution in [2.24, 2.45) is 0 Å². The largest absolute Gasteiger partial charge is 0.493 e. The summed E-state index contributed by atoms with van der Waals surface area (Å²) in [6.45, 7) is 2.42. The van der Waals surface area contributed by atoms with Crippen LogP contribution in [0.5, 0.6) is 11.5 Å². The number of hydrogen-bond acceptors (Lipinski definition) is 5. The van der Waals surface area contributed by atoms with Crippen LogP contribution in [-0.4, -0.2) is 21.3 Å². The first kappa shape index (κ1) is 22.1. The van der Waals surface area contributed by atoms with E-state index in [2.05, 4.69) is 12.1 Å². The van der Waals surface area contributed by atoms with Crippen LogP contribution in [-0.2, 0) is 6.61 Å². The molecule has 0 saturated carbocycles. The van der Waals surface area contributed by atoms with E-state index >= 15 is 0 Å². The normalized spacial score (nSPS) is 11.8. The molecule has 1 unspecified atom stereocenters. The van der Waals surface area contributed by atoms with Crippen molar-refractivity contribution in [3.8, 4) is 11.5 Å². The summed E-state index contributed by atoms with van der Waals surface area (Å²) in [4.78, 5) is 12.8. The number of thioether (sulfide) groups is 1. The highest BCUT2D eigenvalue weighted by molar-refractivity contribution is 8.01. The molecule has 0 bridgehead atoms. The van der Waals surface area contributed by atoms with Crippen molar-refractivity contribution in [3.05, 3.63) is 88.3 Å². The van der Waals surface area contributed by atoms with E-state index in [9.17, 15) is 10.0 Å². The predicted molar refractivity (Wildman–Crippen MR) is 120 cm³/mol. The van der Waals surface area contributed by atoms with Crippen molar-refractivity contribution in [2.45, 2.75) is 36.0 Å². The Morgan fingerprint density at radius 3 is 2.53 bits per heavy atom. The third-order valence-corrected chi connectivity index (χ3v) is 5.79. The van der Waals surface area contributed by atoms with Crippen LogP contribution in [0, 0.1) is 6.92 Å². The highest BCUT2D eigenvalue weighted by Crippen LogP contribution is 2.29. The Kier molecular flexibility index (Phi) is 8.11. The number of ether oxygens (including phenoxy) is 2. The SMILES string of the molecule is Cc1cc(COc2cccc(OCCCC(Cl)Sc3ccccc3)c2)n(O)c(=O)c1. The molecular formula is C23H24ClNO4S. The van der Waals surface area contributed by atoms with E-state index in [-0.39, 0.29) is 11.3 Å². The maximum absolute atomic E-state index is 11.6. The number of pyridine rings is 1. The predicted octanol–water partition coefficient (Wildman–Crippen LogP) is 5.49. The number of alkyl halides is 1. The summed E-state index contributed by atoms with van der Waals surface area (Å²) < 4.78 is 12.1. The Morgan fingerprint density at radius 1 is 1.03 bits per heavy atom. The van der Waals surface area contributed by atoms with Crippen LogP contribution in [0.15, 0.2) is 76.4 Å². The van der Waals surface area contributed by atoms with E-state index in [1.165, 1.54) is 6.07 Å². The molecule has 158 valence electrons. The summed E-state index contributed by atoms with van der Waals surface area (Å²) in [7, 11) is 0. The molecule has 0 aliphatic carbocycles. The molecule has 1 aromatic heterocycles. The van der Waals surface area contributed by atoms with Gasteiger partial charge in [0.25, 0.3) is 5.56 Å². The van der Waals surface area contributed by atoms with Gasteiger partial charge in [0.05, 0.1) is 17.0 Å². The second-order valence-corrected chi connectivity index (χ2v) is 8.83. The van der Waals surface area contributed by atoms with Gasteiger partial charge in [-0.3, -0.25) is 4.79 Å². The number of nitrogens with zero attached hydrogens (tertiary/aromatic N) is 1. The van der Waals surface area contributed by atoms with Crippen molar-refractivity contribution in [1.82, 2.24) is 4.73 Å². The molecule has 2 aromatic carbocycles. The molecule has 0 saturated heterocycles. The van der Waals surface area contributed by atoms with E-state index in [0.717, 1.165) is 23.3 Å². The van der Waals surface area contributed by atoms with Gasteiger partial charge in [0.1, 0.15) is 18.1 Å². The van der Waals surface area contributed by atoms with Crippen LogP contribution < -0.4 is 15.0 Å². The lowest BCUT2D eigenvalue weighted by Crippen LogP contribution is -2.21. The fourth-order valence-electron chi connectivity index (χ4n) is 2.82. The lowest BCUT2D eigenvalue weighted by atomic mass is 10.2. The summed E-state index contributed by atoms with van der Waals surface area (Å²) in [5.41, 5.74) is 0.674. The minimum Gasteiger partial charge on any atom is -0.493 e. The van der Waals surface area contributed by atoms with Gasteiger partial charge in [0.15, 0.2) is 0 Å². The van der Waals surface area contributed by atoms with Gasteiger partial charge in [0.2, 0.25) is 0 Å². The van der Waals surface area contributed by atoms with Gasteiger partial charge in [-0.25, -0.2) is 0 Å². The number of rotatable bonds is 10. The molecular weight excluding hydrogens is 422 g/mol. The van der Waals surface area contributed by atoms with Gasteiger partial charge in [-0.1, -0.05) is 24.3 Å². The molecule has 30 heavy (non-hydrogen) atoms. The van der Waals surface area contributed by atoms with Crippen LogP contribution in [0.1, 0.15) is 24.1 Å². The van der Waals surface area contributed by atoms with Crippen LogP contribution in [0.3, 0.4) is 0 Å². The van der Waals surface area contributed by atoms with Gasteiger partial charge in [0, 0.05) is 17.0 Å². The molecule has 7 heteroatoms. The zero-order valence-electron chi connectivity index (χ0n) is 16.7. The van der Waals surface area contributed by atoms with Crippen LogP contribution in [0.4, 0.5) is 0 Å². The van der Waals surface area contributed by atoms with Crippen molar-refractivity contribution in [3.63, 3.8) is 0 Å². The molecule has 1 heterocycles. The number of aryl methyl sites for hydroxylation is 1. The molecule has 5 nitrogen and oxygen atoms in total. The molecule has 3 aromatic rings. The van der Waals surface area contributed by atoms with E-state index < -0.39 is 5.56 Å². The molecule has 3 rings (SSSR count). The monoisotopic (exact) mass is 445 g/mol. The first-order valence-corrected chi connectivity index (χ1v) is 11.0. The van der Waals surface area contributed by atoms with Crippen molar-refractivity contribution >= 4 is 23.4 Å². The molecule has 0 aliphatic heterocycles. The highest BCUT2D eigenvalue weighted by Gasteiger charge is 2.08. The minimum absolute atomic E-state index is 0.00363. The third kappa shape index (κ3) is 6.75. The first-order chi connectivity index (χ1) is 14.5. The standard InChI is InChI=1S/C23H24ClNO4S/c1-17-13-18(25(27)23(26)14-17)16-29-20-8-5-7-19(15-20)28-12-6-11-22(24)30-21-9-3-2-4-10-21/h2-5,7-10,13-15,22,27H,6,11-12,16H2,1H3. The lowest BCUT2D eigenvalue weighted by Gasteiger charge is -2.12. The van der Waals surface area contributed by atoms with E-state index in [0.29, 0.717) is 28.5 Å². The maximum atomic E-state index is 11.6. The Labute approximate surface area is 185 Å². The number of halogens is 1. The zero-order valence-corrected chi connectivity index (χ0v) is 18.2. The average molecular weight is 446 g/mol. The molecule has 0 amide bonds. The van der Waals surface area contributed by atoms with E-state index in [4.69, 9.17) is 21.1 Å². The number of hydrogen-bond donors (Lipinski definition) is 1. The van der Waals surface area contributed by atoms with Crippen molar-refractivity contribution in [1.29, 1.82) is 0 Å². The fourth-order valence-corrected chi connectivity index (χ4v) is 4.17. The van der Waals surface area contributed by atoms with Crippen molar-refractivity contribution < 1.29 is 14.7 Å². The van der Waals surface area contributed by atoms with Crippen LogP contribution in [0.2, 0.25) is 0 Å². The smallest absolute Gasteiger partial charge is 0.283 e. The van der Waals surface area contributed by atoms with Crippen molar-refractivity contribution in [2.75, 3.05) is 6.61 Å². The molecule has 0 radical (unpaired) electrons. The summed E-state index contributed by atoms with van der Waals surface area (Å²) in [5.74, 6) is 1.29. The number of aromatic nitrogens is 1. The number of benzene rings is 2. The second-order valence-electron chi connectivity index (χ2n) is 6.77. The molecule has 1 atom stereocenters. The highest BCUT2D eigenvalue weighted by atomic mass is 35.5. The third-order valence-electron chi connectivity index (χ3n) is 4.27. The molecule has 0 spiro atoms. The maximum Gasteiger partial charge on any atom is 0.283 e. The molecule has 0 fully saturated rings. The zero-order chi connectivity index (χ0) is 21.3. The Morgan fingerprint density at radius 2 is 1.77 bits per heavy atom. The van der Waals surface area contributed by atoms with Gasteiger partial charge in [-0.2, -0.15) is 0 Å². The minimum atomic E-state index is -0.478. The Hall–Kier alpha value is -2.57. The topological polar surface area (TPSA) is 60.7 Å². The van der Waals surface area contributed by atoms with Gasteiger partial charge >= 0.3 is 0 Å². The quantitative estimate of drug-likeness (QED) is 0.193. The summed E-state index contributed by atoms with van der Waals surface area (Å²) in [6.07, 6.45) is 1.66. The van der Waals surface area contributed by atoms with E-state index in [1.807, 2.05) is 30.3 Å². The lowest BCUT2D eigenvalue weighted by molar-refractivity contribution is 0.147. The Balaban J connectivity index is 1.45. The van der Waals surface area contributed by atoms with Gasteiger partial charge < -0.3 is 14.7 Å². The van der Waals surface area contributed by atoms with Gasteiger partial charge in [-0.05, 0) is 55.7 Å². The summed E-state index contributed by atoms with van der Waals surface area (Å²) in [5, 5.41) is 9.82. The first-order valence-electron chi connectivity index (χ1n) is 9.64. The molecule has 0 aliphatic rings. The second kappa shape index (κ2) is 11.0. The van der Waals surface area contributed by atoms with Crippen LogP contribution in [0.25, 0.3) is 0 Å². The summed E-state index contributed by atoms with van der Waals surface area (Å²) >= 11 is 8.04. The fraction of sp³-hybridized carbons (Fsp3) is 0.261. The average Bonchev–Trinajstić information content (AvgIpc) is 2.74. The van der Waals surface area contributed by atoms with Gasteiger partial charge in [-0.15, -0.1) is 28.1 Å². The molecule has 1 N–H and O–H groups in total. The van der Waals surface area contributed by atoms with Crippen LogP contribution >= 0.6 is 23.4 Å². The Bertz CT molecular complexity index is 1010.